The largest absolute Gasteiger partial charge is 0.310 e. The van der Waals surface area contributed by atoms with Gasteiger partial charge in [-0.05, 0) is 117 Å². The molecule has 0 unspecified atom stereocenters. The van der Waals surface area contributed by atoms with Crippen LogP contribution in [0.3, 0.4) is 0 Å². The summed E-state index contributed by atoms with van der Waals surface area (Å²) in [7, 11) is 0. The van der Waals surface area contributed by atoms with Crippen molar-refractivity contribution in [1.29, 1.82) is 0 Å². The van der Waals surface area contributed by atoms with Gasteiger partial charge in [-0.3, -0.25) is 0 Å². The van der Waals surface area contributed by atoms with Crippen molar-refractivity contribution in [3.8, 4) is 50.2 Å². The molecule has 0 spiro atoms. The smallest absolute Gasteiger partial charge is 0.0562 e. The van der Waals surface area contributed by atoms with Crippen LogP contribution in [0.5, 0.6) is 0 Å². The number of benzene rings is 10. The molecular weight excluding hydrogens is 737 g/mol. The van der Waals surface area contributed by atoms with Crippen LogP contribution in [-0.2, 0) is 0 Å². The van der Waals surface area contributed by atoms with Crippen LogP contribution in [0, 0.1) is 6.92 Å². The maximum Gasteiger partial charge on any atom is 0.0562 e. The van der Waals surface area contributed by atoms with Crippen molar-refractivity contribution >= 4 is 49.6 Å². The quantitative estimate of drug-likeness (QED) is 0.149. The Balaban J connectivity index is 1.14. The van der Waals surface area contributed by atoms with Gasteiger partial charge in [-0.25, -0.2) is 0 Å². The van der Waals surface area contributed by atoms with Gasteiger partial charge >= 0.3 is 0 Å². The number of anilines is 3. The fraction of sp³-hybridized carbons (Fsp3) is 0.0169. The average Bonchev–Trinajstić information content (AvgIpc) is 3.67. The summed E-state index contributed by atoms with van der Waals surface area (Å²) < 4.78 is 2.48. The van der Waals surface area contributed by atoms with Crippen LogP contribution in [0.4, 0.5) is 17.1 Å². The zero-order chi connectivity index (χ0) is 40.7. The van der Waals surface area contributed by atoms with Gasteiger partial charge in [0.1, 0.15) is 0 Å². The van der Waals surface area contributed by atoms with Crippen molar-refractivity contribution in [2.45, 2.75) is 6.92 Å². The summed E-state index contributed by atoms with van der Waals surface area (Å²) in [6.45, 7) is 2.14. The zero-order valence-corrected chi connectivity index (χ0v) is 33.9. The highest BCUT2D eigenvalue weighted by molar-refractivity contribution is 6.17. The average molecular weight is 779 g/mol. The van der Waals surface area contributed by atoms with Crippen LogP contribution in [0.2, 0.25) is 0 Å². The molecule has 0 aliphatic rings. The van der Waals surface area contributed by atoms with Crippen LogP contribution in [0.25, 0.3) is 82.8 Å². The van der Waals surface area contributed by atoms with Gasteiger partial charge in [0.15, 0.2) is 0 Å². The maximum absolute atomic E-state index is 2.48. The van der Waals surface area contributed by atoms with Gasteiger partial charge < -0.3 is 9.47 Å². The molecule has 0 saturated carbocycles. The van der Waals surface area contributed by atoms with Crippen LogP contribution in [0.1, 0.15) is 5.56 Å². The first-order chi connectivity index (χ1) is 30.2. The van der Waals surface area contributed by atoms with Gasteiger partial charge in [-0.15, -0.1) is 0 Å². The highest BCUT2D eigenvalue weighted by atomic mass is 15.1. The summed E-state index contributed by atoms with van der Waals surface area (Å²) in [6, 6.07) is 86.2. The van der Waals surface area contributed by atoms with Crippen LogP contribution >= 0.6 is 0 Å². The topological polar surface area (TPSA) is 8.17 Å². The Morgan fingerprint density at radius 1 is 0.344 bits per heavy atom. The van der Waals surface area contributed by atoms with E-state index < -0.39 is 0 Å². The van der Waals surface area contributed by atoms with Crippen molar-refractivity contribution in [1.82, 2.24) is 4.57 Å². The summed E-state index contributed by atoms with van der Waals surface area (Å²) in [5.74, 6) is 0. The molecule has 0 amide bonds. The molecule has 2 heteroatoms. The number of aryl methyl sites for hydroxylation is 1. The lowest BCUT2D eigenvalue weighted by Crippen LogP contribution is -2.10. The summed E-state index contributed by atoms with van der Waals surface area (Å²) in [6.07, 6.45) is 0. The first-order valence-corrected chi connectivity index (χ1v) is 21.0. The van der Waals surface area contributed by atoms with Crippen molar-refractivity contribution in [2.75, 3.05) is 4.90 Å². The first-order valence-electron chi connectivity index (χ1n) is 21.0. The Labute approximate surface area is 356 Å². The van der Waals surface area contributed by atoms with Crippen molar-refractivity contribution in [3.05, 3.63) is 242 Å². The Morgan fingerprint density at radius 2 is 0.852 bits per heavy atom. The lowest BCUT2D eigenvalue weighted by atomic mass is 9.95. The minimum atomic E-state index is 1.09. The molecular formula is C59H42N2. The Kier molecular flexibility index (Phi) is 9.09. The van der Waals surface area contributed by atoms with E-state index in [0.29, 0.717) is 0 Å². The van der Waals surface area contributed by atoms with Gasteiger partial charge in [0.05, 0.1) is 22.4 Å². The molecule has 0 fully saturated rings. The molecule has 0 N–H and O–H groups in total. The molecule has 0 saturated heterocycles. The van der Waals surface area contributed by atoms with E-state index in [-0.39, 0.29) is 0 Å². The number of hydrogen-bond acceptors (Lipinski definition) is 1. The third kappa shape index (κ3) is 6.65. The predicted molar refractivity (Wildman–Crippen MR) is 259 cm³/mol. The number of hydrogen-bond donors (Lipinski definition) is 0. The standard InChI is InChI=1S/C59H42N2/c1-41-23-25-47(26-24-41)49-33-38-56(54(40-49)50-28-27-44-17-8-9-18-48(44)39-50)61-55-20-11-10-19-53(55)59-57(21-12-22-58(59)61)60(51-34-29-45(30-35-51)42-13-4-2-5-14-42)52-36-31-46(32-37-52)43-15-6-3-7-16-43/h2-40H,1H3. The van der Waals surface area contributed by atoms with E-state index in [9.17, 15) is 0 Å². The van der Waals surface area contributed by atoms with E-state index in [0.717, 1.165) is 33.8 Å². The molecule has 11 aromatic rings. The van der Waals surface area contributed by atoms with Crippen LogP contribution in [0.15, 0.2) is 237 Å². The summed E-state index contributed by atoms with van der Waals surface area (Å²) in [5.41, 5.74) is 17.6. The normalized spacial score (nSPS) is 11.4. The van der Waals surface area contributed by atoms with Gasteiger partial charge in [0, 0.05) is 27.7 Å². The van der Waals surface area contributed by atoms with Gasteiger partial charge in [-0.2, -0.15) is 0 Å². The molecule has 2 nitrogen and oxygen atoms in total. The molecule has 11 rings (SSSR count). The Morgan fingerprint density at radius 3 is 1.52 bits per heavy atom. The molecule has 1 aromatic heterocycles. The molecule has 0 radical (unpaired) electrons. The molecule has 10 aromatic carbocycles. The fourth-order valence-electron chi connectivity index (χ4n) is 8.99. The Bertz CT molecular complexity index is 3240. The third-order valence-corrected chi connectivity index (χ3v) is 12.1. The van der Waals surface area contributed by atoms with E-state index >= 15 is 0 Å². The minimum Gasteiger partial charge on any atom is -0.310 e. The van der Waals surface area contributed by atoms with Crippen LogP contribution in [-0.4, -0.2) is 4.57 Å². The zero-order valence-electron chi connectivity index (χ0n) is 33.9. The van der Waals surface area contributed by atoms with E-state index in [4.69, 9.17) is 0 Å². The summed E-state index contributed by atoms with van der Waals surface area (Å²) in [5, 5.41) is 4.86. The molecule has 0 aliphatic carbocycles. The van der Waals surface area contributed by atoms with E-state index in [2.05, 4.69) is 253 Å². The van der Waals surface area contributed by atoms with Crippen molar-refractivity contribution in [3.63, 3.8) is 0 Å². The molecule has 0 bridgehead atoms. The molecule has 288 valence electrons. The second-order valence-electron chi connectivity index (χ2n) is 15.8. The molecule has 0 atom stereocenters. The number of para-hydroxylation sites is 1. The number of rotatable bonds is 8. The van der Waals surface area contributed by atoms with E-state index in [1.54, 1.807) is 0 Å². The molecule has 0 aliphatic heterocycles. The van der Waals surface area contributed by atoms with Gasteiger partial charge in [0.25, 0.3) is 0 Å². The number of aromatic nitrogens is 1. The summed E-state index contributed by atoms with van der Waals surface area (Å²) in [4.78, 5) is 2.42. The third-order valence-electron chi connectivity index (χ3n) is 12.1. The van der Waals surface area contributed by atoms with E-state index in [1.807, 2.05) is 0 Å². The first kappa shape index (κ1) is 36.2. The van der Waals surface area contributed by atoms with Crippen molar-refractivity contribution < 1.29 is 0 Å². The van der Waals surface area contributed by atoms with Gasteiger partial charge in [0.2, 0.25) is 0 Å². The van der Waals surface area contributed by atoms with Crippen LogP contribution < -0.4 is 4.90 Å². The fourth-order valence-corrected chi connectivity index (χ4v) is 8.99. The lowest BCUT2D eigenvalue weighted by molar-refractivity contribution is 1.18. The van der Waals surface area contributed by atoms with E-state index in [1.165, 1.54) is 71.6 Å². The second-order valence-corrected chi connectivity index (χ2v) is 15.8. The maximum atomic E-state index is 2.48. The highest BCUT2D eigenvalue weighted by Gasteiger charge is 2.23. The molecule has 1 heterocycles. The summed E-state index contributed by atoms with van der Waals surface area (Å²) >= 11 is 0. The second kappa shape index (κ2) is 15.3. The molecule has 61 heavy (non-hydrogen) atoms. The van der Waals surface area contributed by atoms with Crippen molar-refractivity contribution in [2.24, 2.45) is 0 Å². The monoisotopic (exact) mass is 778 g/mol. The predicted octanol–water partition coefficient (Wildman–Crippen LogP) is 16.4. The SMILES string of the molecule is Cc1ccc(-c2ccc(-n3c4ccccc4c4c(N(c5ccc(-c6ccccc6)cc5)c5ccc(-c6ccccc6)cc5)cccc43)c(-c3ccc4ccccc4c3)c2)cc1. The number of fused-ring (bicyclic) bond motifs is 4. The Hall–Kier alpha value is -7.94. The minimum absolute atomic E-state index is 1.09. The lowest BCUT2D eigenvalue weighted by Gasteiger charge is -2.27. The van der Waals surface area contributed by atoms with Gasteiger partial charge in [-0.1, -0.05) is 181 Å². The highest BCUT2D eigenvalue weighted by Crippen LogP contribution is 2.46. The number of nitrogens with zero attached hydrogens (tertiary/aromatic N) is 2.